The Bertz CT molecular complexity index is 921. The van der Waals surface area contributed by atoms with Gasteiger partial charge in [-0.05, 0) is 24.5 Å². The maximum atomic E-state index is 12.6. The molecule has 2 N–H and O–H groups in total. The number of carbonyl (C=O) groups is 1. The van der Waals surface area contributed by atoms with Crippen molar-refractivity contribution in [2.24, 2.45) is 10.7 Å². The number of rotatable bonds is 7. The molecule has 1 aliphatic heterocycles. The lowest BCUT2D eigenvalue weighted by atomic mass is 9.88. The molecule has 152 valence electrons. The lowest BCUT2D eigenvalue weighted by molar-refractivity contribution is 0.0987. The van der Waals surface area contributed by atoms with Gasteiger partial charge in [-0.3, -0.25) is 9.79 Å². The number of carbonyl (C=O) groups excluding carboxylic acids is 1. The fraction of sp³-hybridized carbons (Fsp3) is 0.364. The number of ketones is 1. The number of hydrogen-bond acceptors (Lipinski definition) is 7. The van der Waals surface area contributed by atoms with Crippen LogP contribution in [-0.2, 0) is 12.0 Å². The molecule has 0 radical (unpaired) electrons. The van der Waals surface area contributed by atoms with Crippen LogP contribution in [-0.4, -0.2) is 33.3 Å². The lowest BCUT2D eigenvalue weighted by Gasteiger charge is -2.30. The summed E-state index contributed by atoms with van der Waals surface area (Å²) in [4.78, 5) is 25.5. The third kappa shape index (κ3) is 5.81. The minimum atomic E-state index is -0.356. The van der Waals surface area contributed by atoms with Gasteiger partial charge >= 0.3 is 0 Å². The fourth-order valence-corrected chi connectivity index (χ4v) is 3.91. The van der Waals surface area contributed by atoms with Crippen LogP contribution in [0.25, 0.3) is 0 Å². The molecule has 1 aromatic heterocycles. The number of thioether (sulfide) groups is 1. The molecule has 0 unspecified atom stereocenters. The summed E-state index contributed by atoms with van der Waals surface area (Å²) in [6.07, 6.45) is 9.69. The van der Waals surface area contributed by atoms with Gasteiger partial charge in [0.1, 0.15) is 12.3 Å². The van der Waals surface area contributed by atoms with Gasteiger partial charge in [-0.1, -0.05) is 43.5 Å². The molecule has 1 atom stereocenters. The van der Waals surface area contributed by atoms with Gasteiger partial charge in [0.05, 0.1) is 17.9 Å². The maximum absolute atomic E-state index is 12.6. The highest BCUT2D eigenvalue weighted by Crippen LogP contribution is 2.35. The van der Waals surface area contributed by atoms with Gasteiger partial charge < -0.3 is 10.5 Å². The Morgan fingerprint density at radius 3 is 2.90 bits per heavy atom. The predicted octanol–water partition coefficient (Wildman–Crippen LogP) is 3.61. The van der Waals surface area contributed by atoms with Crippen LogP contribution in [0.4, 0.5) is 0 Å². The number of aliphatic imine (C=N–C) groups is 1. The second-order valence-electron chi connectivity index (χ2n) is 6.67. The Morgan fingerprint density at radius 2 is 2.21 bits per heavy atom. The van der Waals surface area contributed by atoms with E-state index < -0.39 is 0 Å². The quantitative estimate of drug-likeness (QED) is 0.426. The number of terminal acetylenes is 1. The summed E-state index contributed by atoms with van der Waals surface area (Å²) in [5, 5.41) is 0.607. The van der Waals surface area contributed by atoms with Crippen molar-refractivity contribution in [3.05, 3.63) is 53.5 Å². The topological polar surface area (TPSA) is 90.5 Å². The van der Waals surface area contributed by atoms with Gasteiger partial charge in [0.25, 0.3) is 0 Å². The van der Waals surface area contributed by atoms with Crippen LogP contribution in [0.15, 0.2) is 41.7 Å². The molecule has 2 heterocycles. The third-order valence-corrected chi connectivity index (χ3v) is 5.31. The van der Waals surface area contributed by atoms with Gasteiger partial charge in [0, 0.05) is 18.6 Å². The molecule has 0 spiro atoms. The van der Waals surface area contributed by atoms with Crippen molar-refractivity contribution in [2.75, 3.05) is 12.4 Å². The second kappa shape index (κ2) is 10.1. The molecule has 0 fully saturated rings. The monoisotopic (exact) mass is 410 g/mol. The molecule has 0 bridgehead atoms. The van der Waals surface area contributed by atoms with Crippen molar-refractivity contribution in [3.8, 4) is 18.2 Å². The van der Waals surface area contributed by atoms with Crippen molar-refractivity contribution in [3.63, 3.8) is 0 Å². The normalized spacial score (nSPS) is 18.1. The van der Waals surface area contributed by atoms with Crippen molar-refractivity contribution in [1.29, 1.82) is 0 Å². The molecule has 0 saturated heterocycles. The summed E-state index contributed by atoms with van der Waals surface area (Å²) < 4.78 is 5.35. The van der Waals surface area contributed by atoms with E-state index in [0.29, 0.717) is 29.8 Å². The minimum absolute atomic E-state index is 0. The average Bonchev–Trinajstić information content (AvgIpc) is 2.69. The Balaban J connectivity index is 0.00000300. The van der Waals surface area contributed by atoms with Crippen LogP contribution >= 0.6 is 11.8 Å². The molecule has 0 aliphatic carbocycles. The first-order valence-electron chi connectivity index (χ1n) is 8.99. The van der Waals surface area contributed by atoms with Gasteiger partial charge in [0.15, 0.2) is 11.0 Å². The number of ether oxygens (including phenoxy) is 1. The second-order valence-corrected chi connectivity index (χ2v) is 7.78. The number of amidine groups is 1. The molecule has 1 aromatic carbocycles. The molecule has 29 heavy (non-hydrogen) atoms. The van der Waals surface area contributed by atoms with E-state index in [2.05, 4.69) is 27.8 Å². The predicted molar refractivity (Wildman–Crippen MR) is 118 cm³/mol. The van der Waals surface area contributed by atoms with E-state index in [0.717, 1.165) is 23.3 Å². The van der Waals surface area contributed by atoms with Crippen molar-refractivity contribution >= 4 is 22.7 Å². The van der Waals surface area contributed by atoms with E-state index in [4.69, 9.17) is 16.9 Å². The fourth-order valence-electron chi connectivity index (χ4n) is 2.94. The zero-order chi connectivity index (χ0) is 20.0. The highest BCUT2D eigenvalue weighted by molar-refractivity contribution is 8.13. The molecule has 1 aliphatic rings. The molecule has 0 saturated carbocycles. The highest BCUT2D eigenvalue weighted by Gasteiger charge is 2.29. The minimum Gasteiger partial charge on any atom is -0.476 e. The summed E-state index contributed by atoms with van der Waals surface area (Å²) in [7, 11) is 0. The molecule has 6 nitrogen and oxygen atoms in total. The van der Waals surface area contributed by atoms with Gasteiger partial charge in [0.2, 0.25) is 5.88 Å². The van der Waals surface area contributed by atoms with Gasteiger partial charge in [-0.25, -0.2) is 9.97 Å². The first-order chi connectivity index (χ1) is 13.5. The summed E-state index contributed by atoms with van der Waals surface area (Å²) in [6, 6.07) is 7.93. The number of nitrogens with two attached hydrogens (primary N) is 1. The first kappa shape index (κ1) is 22.4. The van der Waals surface area contributed by atoms with Crippen molar-refractivity contribution in [2.45, 2.75) is 39.2 Å². The van der Waals surface area contributed by atoms with E-state index in [1.807, 2.05) is 24.3 Å². The van der Waals surface area contributed by atoms with Crippen molar-refractivity contribution < 1.29 is 9.53 Å². The van der Waals surface area contributed by atoms with E-state index in [1.54, 1.807) is 11.8 Å². The van der Waals surface area contributed by atoms with E-state index in [-0.39, 0.29) is 25.2 Å². The molecule has 0 amide bonds. The number of Topliss-reactive ketones (excluding diaryl/α,β-unsaturated/α-hetero) is 1. The van der Waals surface area contributed by atoms with Crippen LogP contribution in [0.1, 0.15) is 48.8 Å². The molecular weight excluding hydrogens is 384 g/mol. The zero-order valence-corrected chi connectivity index (χ0v) is 16.5. The van der Waals surface area contributed by atoms with Gasteiger partial charge in [-0.2, -0.15) is 0 Å². The number of benzene rings is 1. The SMILES string of the molecule is C.C#CCCOc1cnc(C(=O)Cc2cccc([C@]3(C)CCSC(N)=N3)c2)cn1. The average molecular weight is 411 g/mol. The van der Waals surface area contributed by atoms with E-state index >= 15 is 0 Å². The highest BCUT2D eigenvalue weighted by atomic mass is 32.2. The number of aromatic nitrogens is 2. The largest absolute Gasteiger partial charge is 0.476 e. The van der Waals surface area contributed by atoms with Crippen LogP contribution in [0.3, 0.4) is 0 Å². The number of nitrogens with zero attached hydrogens (tertiary/aromatic N) is 3. The van der Waals surface area contributed by atoms with E-state index in [9.17, 15) is 4.79 Å². The summed E-state index contributed by atoms with van der Waals surface area (Å²) in [6.45, 7) is 2.44. The standard InChI is InChI=1S/C21H22N4O2S.CH4/c1-3-4-9-27-19-14-23-17(13-24-19)18(26)12-15-6-5-7-16(11-15)21(2)8-10-28-20(22)25-21;/h1,5-7,11,13-14H,4,8-10,12H2,2H3,(H2,22,25);1H4/t21-;/m0./s1. The zero-order valence-electron chi connectivity index (χ0n) is 15.7. The Hall–Kier alpha value is -2.85. The molecule has 3 rings (SSSR count). The Labute approximate surface area is 176 Å². The summed E-state index contributed by atoms with van der Waals surface area (Å²) >= 11 is 1.57. The lowest BCUT2D eigenvalue weighted by Crippen LogP contribution is -2.28. The summed E-state index contributed by atoms with van der Waals surface area (Å²) in [5.74, 6) is 3.67. The molecular formula is C22H26N4O2S. The Morgan fingerprint density at radius 1 is 1.38 bits per heavy atom. The molecule has 7 heteroatoms. The maximum Gasteiger partial charge on any atom is 0.232 e. The van der Waals surface area contributed by atoms with Crippen LogP contribution in [0.2, 0.25) is 0 Å². The van der Waals surface area contributed by atoms with Crippen molar-refractivity contribution in [1.82, 2.24) is 9.97 Å². The third-order valence-electron chi connectivity index (χ3n) is 4.52. The summed E-state index contributed by atoms with van der Waals surface area (Å²) in [5.41, 5.74) is 7.83. The molecule has 2 aromatic rings. The van der Waals surface area contributed by atoms with Crippen LogP contribution in [0.5, 0.6) is 5.88 Å². The first-order valence-corrected chi connectivity index (χ1v) is 9.98. The Kier molecular flexibility index (Phi) is 7.80. The van der Waals surface area contributed by atoms with Gasteiger partial charge in [-0.15, -0.1) is 12.3 Å². The van der Waals surface area contributed by atoms with E-state index in [1.165, 1.54) is 12.4 Å². The van der Waals surface area contributed by atoms with Crippen LogP contribution in [0, 0.1) is 12.3 Å². The number of hydrogen-bond donors (Lipinski definition) is 1. The van der Waals surface area contributed by atoms with Crippen LogP contribution < -0.4 is 10.5 Å². The smallest absolute Gasteiger partial charge is 0.232 e.